The van der Waals surface area contributed by atoms with Gasteiger partial charge in [-0.1, -0.05) is 58.7 Å². The van der Waals surface area contributed by atoms with Crippen LogP contribution < -0.4 is 0 Å². The fraction of sp³-hybridized carbons (Fsp3) is 1.00. The monoisotopic (exact) mass is 198 g/mol. The van der Waals surface area contributed by atoms with Crippen molar-refractivity contribution in [3.8, 4) is 0 Å². The maximum Gasteiger partial charge on any atom is 0.0476 e. The number of rotatable bonds is 6. The molecule has 2 atom stereocenters. The van der Waals surface area contributed by atoms with Gasteiger partial charge in [0.1, 0.15) is 0 Å². The third-order valence-electron chi connectivity index (χ3n) is 3.46. The lowest BCUT2D eigenvalue weighted by molar-refractivity contribution is 0.596. The molecule has 78 valence electrons. The predicted molar refractivity (Wildman–Crippen MR) is 64.0 cm³/mol. The molecule has 1 aliphatic rings. The van der Waals surface area contributed by atoms with Crippen LogP contribution in [0.4, 0.5) is 0 Å². The van der Waals surface area contributed by atoms with E-state index in [2.05, 4.69) is 26.6 Å². The smallest absolute Gasteiger partial charge is 0.0476 e. The van der Waals surface area contributed by atoms with Gasteiger partial charge in [-0.25, -0.2) is 0 Å². The Kier molecular flexibility index (Phi) is 4.02. The summed E-state index contributed by atoms with van der Waals surface area (Å²) in [4.78, 5) is 0. The third kappa shape index (κ3) is 3.84. The van der Waals surface area contributed by atoms with Crippen molar-refractivity contribution in [1.29, 1.82) is 0 Å². The van der Waals surface area contributed by atoms with Crippen molar-refractivity contribution in [1.82, 2.24) is 0 Å². The Morgan fingerprint density at radius 3 is 2.23 bits per heavy atom. The summed E-state index contributed by atoms with van der Waals surface area (Å²) in [6.45, 7) is 9.89. The molecule has 0 heterocycles. The van der Waals surface area contributed by atoms with E-state index in [4.69, 9.17) is 0 Å². The molecule has 0 radical (unpaired) electrons. The van der Waals surface area contributed by atoms with Gasteiger partial charge in [0.05, 0.1) is 0 Å². The van der Waals surface area contributed by atoms with Crippen LogP contribution in [0.25, 0.3) is 0 Å². The third-order valence-corrected chi connectivity index (χ3v) is 6.40. The number of hydrogen-bond donors (Lipinski definition) is 0. The maximum atomic E-state index is 2.53. The van der Waals surface area contributed by atoms with Gasteiger partial charge in [-0.2, -0.15) is 0 Å². The van der Waals surface area contributed by atoms with Gasteiger partial charge >= 0.3 is 0 Å². The van der Waals surface area contributed by atoms with Crippen molar-refractivity contribution in [3.05, 3.63) is 0 Å². The molecule has 1 heteroatoms. The van der Waals surface area contributed by atoms with Crippen LogP contribution in [0.15, 0.2) is 0 Å². The second-order valence-electron chi connectivity index (χ2n) is 5.82. The zero-order valence-electron chi connectivity index (χ0n) is 9.90. The summed E-state index contributed by atoms with van der Waals surface area (Å²) in [5.41, 5.74) is 1.18. The molecule has 0 saturated heterocycles. The van der Waals surface area contributed by atoms with Crippen LogP contribution in [0.2, 0.25) is 25.2 Å². The molecule has 1 aliphatic carbocycles. The van der Waals surface area contributed by atoms with Crippen LogP contribution in [-0.4, -0.2) is 8.07 Å². The SMILES string of the molecule is CCCCCC[C@@H]1C[C@@H]1[Si](C)(C)C. The molecule has 0 amide bonds. The Labute approximate surface area is 85.1 Å². The molecule has 0 N–H and O–H groups in total. The molecular weight excluding hydrogens is 172 g/mol. The molecule has 0 aromatic rings. The van der Waals surface area contributed by atoms with Gasteiger partial charge in [0, 0.05) is 8.07 Å². The largest absolute Gasteiger partial charge is 0.0693 e. The zero-order valence-corrected chi connectivity index (χ0v) is 10.9. The normalized spacial score (nSPS) is 27.7. The van der Waals surface area contributed by atoms with Crippen LogP contribution in [0.5, 0.6) is 0 Å². The average Bonchev–Trinajstić information content (AvgIpc) is 2.76. The summed E-state index contributed by atoms with van der Waals surface area (Å²) in [5.74, 6) is 1.14. The molecule has 0 spiro atoms. The van der Waals surface area contributed by atoms with Gasteiger partial charge in [-0.3, -0.25) is 0 Å². The Morgan fingerprint density at radius 2 is 1.77 bits per heavy atom. The van der Waals surface area contributed by atoms with Crippen molar-refractivity contribution >= 4 is 8.07 Å². The van der Waals surface area contributed by atoms with E-state index < -0.39 is 8.07 Å². The molecule has 0 bridgehead atoms. The first-order chi connectivity index (χ1) is 6.05. The Hall–Kier alpha value is 0.217. The lowest BCUT2D eigenvalue weighted by Crippen LogP contribution is -2.20. The highest BCUT2D eigenvalue weighted by Gasteiger charge is 2.44. The standard InChI is InChI=1S/C12H26Si/c1-5-6-7-8-9-11-10-12(11)13(2,3)4/h11-12H,5-10H2,1-4H3/t11-,12+/m1/s1. The fourth-order valence-corrected chi connectivity index (χ4v) is 5.05. The second kappa shape index (κ2) is 4.63. The molecule has 0 unspecified atom stereocenters. The molecule has 1 rings (SSSR count). The topological polar surface area (TPSA) is 0 Å². The van der Waals surface area contributed by atoms with Crippen molar-refractivity contribution in [2.75, 3.05) is 0 Å². The highest BCUT2D eigenvalue weighted by atomic mass is 28.3. The molecule has 1 fully saturated rings. The summed E-state index contributed by atoms with van der Waals surface area (Å²) in [6.07, 6.45) is 8.91. The van der Waals surface area contributed by atoms with Crippen LogP contribution in [-0.2, 0) is 0 Å². The van der Waals surface area contributed by atoms with E-state index in [1.54, 1.807) is 6.42 Å². The Balaban J connectivity index is 2.01. The molecule has 1 saturated carbocycles. The van der Waals surface area contributed by atoms with Crippen molar-refractivity contribution in [2.45, 2.75) is 70.6 Å². The van der Waals surface area contributed by atoms with E-state index >= 15 is 0 Å². The summed E-state index contributed by atoms with van der Waals surface area (Å²) in [6, 6.07) is 0. The Bertz CT molecular complexity index is 146. The van der Waals surface area contributed by atoms with Crippen LogP contribution >= 0.6 is 0 Å². The van der Waals surface area contributed by atoms with E-state index in [0.717, 1.165) is 5.92 Å². The van der Waals surface area contributed by atoms with Gasteiger partial charge in [0.2, 0.25) is 0 Å². The minimum atomic E-state index is -0.755. The summed E-state index contributed by atoms with van der Waals surface area (Å²) in [7, 11) is -0.755. The number of hydrogen-bond acceptors (Lipinski definition) is 0. The minimum absolute atomic E-state index is 0.755. The maximum absolute atomic E-state index is 2.53. The van der Waals surface area contributed by atoms with Gasteiger partial charge in [0.15, 0.2) is 0 Å². The molecular formula is C12H26Si. The van der Waals surface area contributed by atoms with Gasteiger partial charge in [-0.05, 0) is 17.9 Å². The van der Waals surface area contributed by atoms with Crippen LogP contribution in [0.1, 0.15) is 45.4 Å². The molecule has 0 nitrogen and oxygen atoms in total. The van der Waals surface area contributed by atoms with Gasteiger partial charge in [0.25, 0.3) is 0 Å². The van der Waals surface area contributed by atoms with Gasteiger partial charge in [-0.15, -0.1) is 0 Å². The highest BCUT2D eigenvalue weighted by Crippen LogP contribution is 2.54. The number of unbranched alkanes of at least 4 members (excludes halogenated alkanes) is 3. The summed E-state index contributed by atoms with van der Waals surface area (Å²) >= 11 is 0. The first-order valence-corrected chi connectivity index (χ1v) is 9.63. The Morgan fingerprint density at radius 1 is 1.08 bits per heavy atom. The van der Waals surface area contributed by atoms with E-state index in [-0.39, 0.29) is 0 Å². The van der Waals surface area contributed by atoms with E-state index in [1.165, 1.54) is 37.6 Å². The predicted octanol–water partition coefficient (Wildman–Crippen LogP) is 4.69. The second-order valence-corrected chi connectivity index (χ2v) is 11.3. The molecule has 0 aliphatic heterocycles. The van der Waals surface area contributed by atoms with E-state index in [1.807, 2.05) is 0 Å². The summed E-state index contributed by atoms with van der Waals surface area (Å²) < 4.78 is 0. The van der Waals surface area contributed by atoms with Gasteiger partial charge < -0.3 is 0 Å². The lowest BCUT2D eigenvalue weighted by atomic mass is 10.1. The van der Waals surface area contributed by atoms with E-state index in [0.29, 0.717) is 0 Å². The van der Waals surface area contributed by atoms with E-state index in [9.17, 15) is 0 Å². The minimum Gasteiger partial charge on any atom is -0.0693 e. The molecule has 0 aromatic carbocycles. The molecule has 13 heavy (non-hydrogen) atoms. The van der Waals surface area contributed by atoms with Crippen molar-refractivity contribution in [3.63, 3.8) is 0 Å². The first-order valence-electron chi connectivity index (χ1n) is 6.05. The summed E-state index contributed by atoms with van der Waals surface area (Å²) in [5, 5.41) is 0. The van der Waals surface area contributed by atoms with Crippen LogP contribution in [0.3, 0.4) is 0 Å². The zero-order chi connectivity index (χ0) is 9.90. The van der Waals surface area contributed by atoms with Crippen molar-refractivity contribution in [2.24, 2.45) is 5.92 Å². The quantitative estimate of drug-likeness (QED) is 0.429. The lowest BCUT2D eigenvalue weighted by Gasteiger charge is -2.15. The molecule has 0 aromatic heterocycles. The first kappa shape index (κ1) is 11.3. The van der Waals surface area contributed by atoms with Crippen LogP contribution in [0, 0.1) is 5.92 Å². The highest BCUT2D eigenvalue weighted by molar-refractivity contribution is 6.78. The fourth-order valence-electron chi connectivity index (χ4n) is 2.46. The average molecular weight is 198 g/mol. The van der Waals surface area contributed by atoms with Crippen molar-refractivity contribution < 1.29 is 0 Å².